The number of rotatable bonds is 8. The summed E-state index contributed by atoms with van der Waals surface area (Å²) in [5, 5.41) is 2.78. The summed E-state index contributed by atoms with van der Waals surface area (Å²) in [5.41, 5.74) is 0.816. The molecule has 0 unspecified atom stereocenters. The molecule has 6 heteroatoms. The van der Waals surface area contributed by atoms with E-state index in [4.69, 9.17) is 4.74 Å². The van der Waals surface area contributed by atoms with Crippen molar-refractivity contribution in [1.82, 2.24) is 20.2 Å². The first-order chi connectivity index (χ1) is 8.18. The smallest absolute Gasteiger partial charge is 0.226 e. The van der Waals surface area contributed by atoms with Gasteiger partial charge in [0.05, 0.1) is 26.0 Å². The third kappa shape index (κ3) is 6.70. The fraction of sp³-hybridized carbons (Fsp3) is 0.636. The van der Waals surface area contributed by atoms with E-state index in [1.54, 1.807) is 12.5 Å². The minimum Gasteiger partial charge on any atom is -0.378 e. The largest absolute Gasteiger partial charge is 0.378 e. The summed E-state index contributed by atoms with van der Waals surface area (Å²) in [4.78, 5) is 20.2. The van der Waals surface area contributed by atoms with Crippen LogP contribution in [0.2, 0.25) is 0 Å². The summed E-state index contributed by atoms with van der Waals surface area (Å²) < 4.78 is 5.35. The lowest BCUT2D eigenvalue weighted by Gasteiger charge is -2.10. The summed E-state index contributed by atoms with van der Waals surface area (Å²) in [7, 11) is 3.99. The molecular formula is C11H20N4O2. The molecular weight excluding hydrogens is 220 g/mol. The molecule has 0 fully saturated rings. The Hall–Kier alpha value is -1.40. The SMILES string of the molecule is CN(C)CCOCCNC(=O)Cc1cnc[nH]1. The van der Waals surface area contributed by atoms with Gasteiger partial charge in [-0.25, -0.2) is 4.98 Å². The summed E-state index contributed by atoms with van der Waals surface area (Å²) in [5.74, 6) is -0.0227. The second-order valence-electron chi connectivity index (χ2n) is 4.02. The van der Waals surface area contributed by atoms with E-state index in [2.05, 4.69) is 20.2 Å². The molecule has 96 valence electrons. The number of imidazole rings is 1. The van der Waals surface area contributed by atoms with Crippen LogP contribution in [0.5, 0.6) is 0 Å². The topological polar surface area (TPSA) is 70.2 Å². The number of likely N-dealkylation sites (N-methyl/N-ethyl adjacent to an activating group) is 1. The van der Waals surface area contributed by atoms with Crippen LogP contribution in [-0.2, 0) is 16.0 Å². The van der Waals surface area contributed by atoms with Crippen LogP contribution in [0.1, 0.15) is 5.69 Å². The van der Waals surface area contributed by atoms with E-state index >= 15 is 0 Å². The number of amides is 1. The maximum atomic E-state index is 11.4. The van der Waals surface area contributed by atoms with Gasteiger partial charge in [0.2, 0.25) is 5.91 Å². The Morgan fingerprint density at radius 3 is 3.00 bits per heavy atom. The standard InChI is InChI=1S/C11H20N4O2/c1-15(2)4-6-17-5-3-13-11(16)7-10-8-12-9-14-10/h8-9H,3-7H2,1-2H3,(H,12,14)(H,13,16). The van der Waals surface area contributed by atoms with Crippen molar-refractivity contribution in [3.8, 4) is 0 Å². The van der Waals surface area contributed by atoms with Crippen molar-refractivity contribution in [2.45, 2.75) is 6.42 Å². The van der Waals surface area contributed by atoms with Crippen LogP contribution in [-0.4, -0.2) is 61.2 Å². The fourth-order valence-corrected chi connectivity index (χ4v) is 1.23. The predicted molar refractivity (Wildman–Crippen MR) is 64.7 cm³/mol. The van der Waals surface area contributed by atoms with Gasteiger partial charge >= 0.3 is 0 Å². The lowest BCUT2D eigenvalue weighted by atomic mass is 10.3. The van der Waals surface area contributed by atoms with Gasteiger partial charge in [0.1, 0.15) is 0 Å². The minimum absolute atomic E-state index is 0.0227. The number of carbonyl (C=O) groups excluding carboxylic acids is 1. The van der Waals surface area contributed by atoms with Gasteiger partial charge in [-0.1, -0.05) is 0 Å². The molecule has 0 atom stereocenters. The molecule has 2 N–H and O–H groups in total. The van der Waals surface area contributed by atoms with Crippen molar-refractivity contribution in [3.05, 3.63) is 18.2 Å². The molecule has 0 aliphatic carbocycles. The van der Waals surface area contributed by atoms with Gasteiger partial charge in [-0.2, -0.15) is 0 Å². The molecule has 1 heterocycles. The molecule has 0 radical (unpaired) electrons. The molecule has 0 saturated heterocycles. The van der Waals surface area contributed by atoms with Crippen LogP contribution in [0.15, 0.2) is 12.5 Å². The number of aromatic nitrogens is 2. The van der Waals surface area contributed by atoms with Gasteiger partial charge in [0, 0.05) is 25.0 Å². The molecule has 1 rings (SSSR count). The highest BCUT2D eigenvalue weighted by Gasteiger charge is 2.03. The molecule has 0 aliphatic heterocycles. The van der Waals surface area contributed by atoms with Crippen molar-refractivity contribution in [1.29, 1.82) is 0 Å². The molecule has 1 aromatic rings. The molecule has 6 nitrogen and oxygen atoms in total. The first-order valence-corrected chi connectivity index (χ1v) is 5.65. The number of ether oxygens (including phenoxy) is 1. The number of nitrogens with zero attached hydrogens (tertiary/aromatic N) is 2. The third-order valence-electron chi connectivity index (χ3n) is 2.16. The summed E-state index contributed by atoms with van der Waals surface area (Å²) in [6.45, 7) is 2.66. The van der Waals surface area contributed by atoms with E-state index in [9.17, 15) is 4.79 Å². The summed E-state index contributed by atoms with van der Waals surface area (Å²) >= 11 is 0. The monoisotopic (exact) mass is 240 g/mol. The number of H-pyrrole nitrogens is 1. The average molecular weight is 240 g/mol. The predicted octanol–water partition coefficient (Wildman–Crippen LogP) is -0.353. The van der Waals surface area contributed by atoms with Gasteiger partial charge in [0.15, 0.2) is 0 Å². The number of aromatic amines is 1. The number of hydrogen-bond donors (Lipinski definition) is 2. The lowest BCUT2D eigenvalue weighted by Crippen LogP contribution is -2.29. The van der Waals surface area contributed by atoms with Crippen LogP contribution >= 0.6 is 0 Å². The lowest BCUT2D eigenvalue weighted by molar-refractivity contribution is -0.120. The number of hydrogen-bond acceptors (Lipinski definition) is 4. The second kappa shape index (κ2) is 7.81. The van der Waals surface area contributed by atoms with Crippen LogP contribution in [0.25, 0.3) is 0 Å². The molecule has 17 heavy (non-hydrogen) atoms. The zero-order chi connectivity index (χ0) is 12.5. The van der Waals surface area contributed by atoms with Gasteiger partial charge in [-0.05, 0) is 14.1 Å². The Balaban J connectivity index is 1.97. The van der Waals surface area contributed by atoms with Crippen molar-refractivity contribution >= 4 is 5.91 Å². The fourth-order valence-electron chi connectivity index (χ4n) is 1.23. The summed E-state index contributed by atoms with van der Waals surface area (Å²) in [6.07, 6.45) is 3.54. The Kier molecular flexibility index (Phi) is 6.27. The highest BCUT2D eigenvalue weighted by atomic mass is 16.5. The number of nitrogens with one attached hydrogen (secondary N) is 2. The molecule has 0 aliphatic rings. The van der Waals surface area contributed by atoms with E-state index < -0.39 is 0 Å². The Morgan fingerprint density at radius 2 is 2.35 bits per heavy atom. The van der Waals surface area contributed by atoms with Crippen LogP contribution < -0.4 is 5.32 Å². The molecule has 0 spiro atoms. The first kappa shape index (κ1) is 13.7. The van der Waals surface area contributed by atoms with E-state index in [1.165, 1.54) is 0 Å². The van der Waals surface area contributed by atoms with Gasteiger partial charge in [-0.3, -0.25) is 4.79 Å². The Morgan fingerprint density at radius 1 is 1.53 bits per heavy atom. The van der Waals surface area contributed by atoms with Gasteiger partial charge in [0.25, 0.3) is 0 Å². The number of carbonyl (C=O) groups is 1. The molecule has 1 aromatic heterocycles. The van der Waals surface area contributed by atoms with E-state index in [0.717, 1.165) is 12.2 Å². The maximum Gasteiger partial charge on any atom is 0.226 e. The minimum atomic E-state index is -0.0227. The third-order valence-corrected chi connectivity index (χ3v) is 2.16. The highest BCUT2D eigenvalue weighted by molar-refractivity contribution is 5.77. The van der Waals surface area contributed by atoms with Crippen LogP contribution in [0.4, 0.5) is 0 Å². The average Bonchev–Trinajstić information content (AvgIpc) is 2.75. The zero-order valence-corrected chi connectivity index (χ0v) is 10.4. The summed E-state index contributed by atoms with van der Waals surface area (Å²) in [6, 6.07) is 0. The van der Waals surface area contributed by atoms with Gasteiger partial charge in [-0.15, -0.1) is 0 Å². The second-order valence-corrected chi connectivity index (χ2v) is 4.02. The molecule has 0 saturated carbocycles. The van der Waals surface area contributed by atoms with Crippen molar-refractivity contribution in [2.24, 2.45) is 0 Å². The molecule has 0 bridgehead atoms. The normalized spacial score (nSPS) is 10.8. The van der Waals surface area contributed by atoms with Gasteiger partial charge < -0.3 is 19.9 Å². The molecule has 0 aromatic carbocycles. The van der Waals surface area contributed by atoms with Crippen LogP contribution in [0, 0.1) is 0 Å². The highest BCUT2D eigenvalue weighted by Crippen LogP contribution is 1.91. The van der Waals surface area contributed by atoms with E-state index in [1.807, 2.05) is 14.1 Å². The quantitative estimate of drug-likeness (QED) is 0.609. The Labute approximate surface area is 101 Å². The van der Waals surface area contributed by atoms with Crippen molar-refractivity contribution in [3.63, 3.8) is 0 Å². The Bertz CT molecular complexity index is 311. The maximum absolute atomic E-state index is 11.4. The van der Waals surface area contributed by atoms with Crippen molar-refractivity contribution in [2.75, 3.05) is 40.4 Å². The van der Waals surface area contributed by atoms with Crippen molar-refractivity contribution < 1.29 is 9.53 Å². The van der Waals surface area contributed by atoms with E-state index in [0.29, 0.717) is 26.2 Å². The van der Waals surface area contributed by atoms with Crippen LogP contribution in [0.3, 0.4) is 0 Å². The zero-order valence-electron chi connectivity index (χ0n) is 10.4. The van der Waals surface area contributed by atoms with E-state index in [-0.39, 0.29) is 5.91 Å². The molecule has 1 amide bonds. The first-order valence-electron chi connectivity index (χ1n) is 5.65.